The van der Waals surface area contributed by atoms with Gasteiger partial charge in [0, 0.05) is 18.5 Å². The lowest BCUT2D eigenvalue weighted by Crippen LogP contribution is -1.99. The summed E-state index contributed by atoms with van der Waals surface area (Å²) in [6.45, 7) is 6.18. The summed E-state index contributed by atoms with van der Waals surface area (Å²) in [5, 5.41) is 12.8. The highest BCUT2D eigenvalue weighted by atomic mass is 79.9. The Morgan fingerprint density at radius 1 is 1.15 bits per heavy atom. The quantitative estimate of drug-likeness (QED) is 0.324. The number of nitrogens with two attached hydrogens (primary N) is 1. The van der Waals surface area contributed by atoms with E-state index in [-0.39, 0.29) is 6.61 Å². The van der Waals surface area contributed by atoms with Crippen LogP contribution in [0.2, 0.25) is 0 Å². The average Bonchev–Trinajstić information content (AvgIpc) is 2.74. The van der Waals surface area contributed by atoms with Crippen molar-refractivity contribution < 1.29 is 14.7 Å². The molecule has 0 spiro atoms. The van der Waals surface area contributed by atoms with E-state index < -0.39 is 0 Å². The van der Waals surface area contributed by atoms with Gasteiger partial charge in [-0.2, -0.15) is 0 Å². The fourth-order valence-electron chi connectivity index (χ4n) is 1.57. The maximum atomic E-state index is 8.79. The molecule has 10 heteroatoms. The number of carbonyl (C=O) groups is 2. The molecule has 0 aliphatic rings. The fraction of sp³-hybridized carbons (Fsp3) is 0.353. The molecule has 0 unspecified atom stereocenters. The first-order chi connectivity index (χ1) is 13.2. The van der Waals surface area contributed by atoms with Crippen molar-refractivity contribution in [3.05, 3.63) is 34.7 Å². The van der Waals surface area contributed by atoms with Gasteiger partial charge in [0.15, 0.2) is 0 Å². The van der Waals surface area contributed by atoms with Gasteiger partial charge in [-0.1, -0.05) is 0 Å². The van der Waals surface area contributed by atoms with Crippen molar-refractivity contribution in [2.24, 2.45) is 5.73 Å². The van der Waals surface area contributed by atoms with Gasteiger partial charge in [0.1, 0.15) is 18.6 Å². The molecule has 0 fully saturated rings. The first kappa shape index (κ1) is 27.3. The van der Waals surface area contributed by atoms with Crippen LogP contribution in [0, 0.1) is 6.92 Å². The molecule has 8 nitrogen and oxygen atoms in total. The van der Waals surface area contributed by atoms with Gasteiger partial charge < -0.3 is 25.7 Å². The summed E-state index contributed by atoms with van der Waals surface area (Å²) in [5.41, 5.74) is 6.33. The van der Waals surface area contributed by atoms with E-state index >= 15 is 0 Å². The fourth-order valence-corrected chi connectivity index (χ4v) is 2.98. The second-order valence-corrected chi connectivity index (χ2v) is 6.38. The summed E-state index contributed by atoms with van der Waals surface area (Å²) in [4.78, 5) is 29.0. The van der Waals surface area contributed by atoms with Crippen LogP contribution in [-0.4, -0.2) is 53.0 Å². The van der Waals surface area contributed by atoms with E-state index in [1.807, 2.05) is 32.6 Å². The number of aromatic nitrogens is 3. The molecule has 0 aliphatic carbocycles. The first-order valence-electron chi connectivity index (χ1n) is 7.80. The smallest absolute Gasteiger partial charge is 0.228 e. The number of unbranched alkanes of at least 4 members (excludes halogenated alkanes) is 1. The lowest BCUT2D eigenvalue weighted by molar-refractivity contribution is -0.0987. The highest BCUT2D eigenvalue weighted by Gasteiger charge is 2.06. The number of nitrogens with zero attached hydrogens (tertiary/aromatic N) is 3. The number of hydrogen-bond acceptors (Lipinski definition) is 9. The van der Waals surface area contributed by atoms with Crippen LogP contribution in [-0.2, 0) is 9.59 Å². The number of nitrogens with one attached hydrogen (secondary N) is 1. The molecule has 0 bridgehead atoms. The Morgan fingerprint density at radius 2 is 1.81 bits per heavy atom. The van der Waals surface area contributed by atoms with Crippen LogP contribution >= 0.6 is 27.7 Å². The Morgan fingerprint density at radius 3 is 2.37 bits per heavy atom. The predicted molar refractivity (Wildman–Crippen MR) is 113 cm³/mol. The van der Waals surface area contributed by atoms with E-state index in [0.717, 1.165) is 39.5 Å². The number of rotatable bonds is 7. The average molecular weight is 460 g/mol. The zero-order valence-corrected chi connectivity index (χ0v) is 17.9. The van der Waals surface area contributed by atoms with Gasteiger partial charge in [0.2, 0.25) is 5.95 Å². The minimum Gasteiger partial charge on any atom is -0.396 e. The molecule has 0 aliphatic heterocycles. The van der Waals surface area contributed by atoms with Gasteiger partial charge in [0.05, 0.1) is 16.4 Å². The van der Waals surface area contributed by atoms with E-state index in [1.165, 1.54) is 7.05 Å². The summed E-state index contributed by atoms with van der Waals surface area (Å²) in [6.07, 6.45) is 5.28. The van der Waals surface area contributed by atoms with Crippen molar-refractivity contribution in [3.63, 3.8) is 0 Å². The van der Waals surface area contributed by atoms with Crippen molar-refractivity contribution in [3.8, 4) is 0 Å². The second kappa shape index (κ2) is 18.9. The molecule has 4 N–H and O–H groups in total. The Kier molecular flexibility index (Phi) is 19.1. The molecule has 2 heterocycles. The van der Waals surface area contributed by atoms with Gasteiger partial charge in [0.25, 0.3) is 0 Å². The number of pyridine rings is 1. The molecule has 2 aromatic rings. The molecule has 2 aromatic heterocycles. The van der Waals surface area contributed by atoms with Crippen LogP contribution in [0.3, 0.4) is 0 Å². The second-order valence-electron chi connectivity index (χ2n) is 4.44. The van der Waals surface area contributed by atoms with E-state index in [2.05, 4.69) is 41.9 Å². The zero-order chi connectivity index (χ0) is 21.1. The topological polar surface area (TPSA) is 131 Å². The van der Waals surface area contributed by atoms with Crippen LogP contribution in [0.5, 0.6) is 0 Å². The Balaban J connectivity index is 0. The number of anilines is 2. The van der Waals surface area contributed by atoms with Crippen LogP contribution in [0.25, 0.3) is 0 Å². The summed E-state index contributed by atoms with van der Waals surface area (Å²) in [7, 11) is 1.50. The molecular weight excluding hydrogens is 434 g/mol. The third-order valence-electron chi connectivity index (χ3n) is 2.67. The number of aryl methyl sites for hydroxylation is 1. The van der Waals surface area contributed by atoms with E-state index in [9.17, 15) is 0 Å². The standard InChI is InChI=1S/C14H17BrN4OS.CH5N.2CH2O/c1-10-4-5-11(8-16-10)18-14-17-9-12(15)13(19-14)21-7-3-2-6-20;3*1-2/h4-5,8-9,20H,2-3,6-7H2,1H3,(H,17,18,19);2H2,1H3;2*1H2. The SMILES string of the molecule is C=O.C=O.CN.Cc1ccc(Nc2ncc(Br)c(SCCCCO)n2)cn1. The first-order valence-corrected chi connectivity index (χ1v) is 9.58. The largest absolute Gasteiger partial charge is 0.396 e. The minimum atomic E-state index is 0.235. The Labute approximate surface area is 172 Å². The van der Waals surface area contributed by atoms with Crippen molar-refractivity contribution in [2.45, 2.75) is 24.8 Å². The Bertz CT molecular complexity index is 618. The third-order valence-corrected chi connectivity index (χ3v) is 4.59. The molecule has 0 saturated carbocycles. The summed E-state index contributed by atoms with van der Waals surface area (Å²) >= 11 is 5.11. The normalized spacial score (nSPS) is 8.78. The molecule has 2 rings (SSSR count). The van der Waals surface area contributed by atoms with Gasteiger partial charge in [-0.05, 0) is 60.6 Å². The van der Waals surface area contributed by atoms with Gasteiger partial charge in [-0.25, -0.2) is 9.97 Å². The maximum Gasteiger partial charge on any atom is 0.228 e. The summed E-state index contributed by atoms with van der Waals surface area (Å²) < 4.78 is 0.879. The zero-order valence-electron chi connectivity index (χ0n) is 15.5. The molecule has 0 radical (unpaired) electrons. The third kappa shape index (κ3) is 12.2. The van der Waals surface area contributed by atoms with Gasteiger partial charge in [-0.15, -0.1) is 11.8 Å². The lowest BCUT2D eigenvalue weighted by Gasteiger charge is -2.08. The van der Waals surface area contributed by atoms with E-state index in [1.54, 1.807) is 24.2 Å². The van der Waals surface area contributed by atoms with Crippen LogP contribution < -0.4 is 11.1 Å². The van der Waals surface area contributed by atoms with Crippen LogP contribution in [0.4, 0.5) is 11.6 Å². The predicted octanol–water partition coefficient (Wildman–Crippen LogP) is 2.76. The number of thioether (sulfide) groups is 1. The van der Waals surface area contributed by atoms with Crippen molar-refractivity contribution >= 4 is 52.9 Å². The number of hydrogen-bond donors (Lipinski definition) is 3. The molecule has 0 aromatic carbocycles. The highest BCUT2D eigenvalue weighted by Crippen LogP contribution is 2.27. The minimum absolute atomic E-state index is 0.235. The summed E-state index contributed by atoms with van der Waals surface area (Å²) in [5.74, 6) is 1.47. The molecule has 0 saturated heterocycles. The molecule has 0 atom stereocenters. The van der Waals surface area contributed by atoms with E-state index in [0.29, 0.717) is 5.95 Å². The van der Waals surface area contributed by atoms with Crippen molar-refractivity contribution in [1.29, 1.82) is 0 Å². The molecule has 0 amide bonds. The van der Waals surface area contributed by atoms with Crippen molar-refractivity contribution in [2.75, 3.05) is 24.7 Å². The highest BCUT2D eigenvalue weighted by molar-refractivity contribution is 9.10. The number of halogens is 1. The molecular formula is C17H26BrN5O3S. The number of aliphatic hydroxyl groups is 1. The molecule has 150 valence electrons. The number of aliphatic hydroxyl groups excluding tert-OH is 1. The van der Waals surface area contributed by atoms with Gasteiger partial charge >= 0.3 is 0 Å². The number of carbonyl (C=O) groups excluding carboxylic acids is 2. The lowest BCUT2D eigenvalue weighted by atomic mass is 10.3. The molecule has 27 heavy (non-hydrogen) atoms. The monoisotopic (exact) mass is 459 g/mol. The van der Waals surface area contributed by atoms with Gasteiger partial charge in [-0.3, -0.25) is 4.98 Å². The maximum absolute atomic E-state index is 8.79. The van der Waals surface area contributed by atoms with Crippen LogP contribution in [0.15, 0.2) is 34.0 Å². The van der Waals surface area contributed by atoms with Crippen LogP contribution in [0.1, 0.15) is 18.5 Å². The van der Waals surface area contributed by atoms with Crippen molar-refractivity contribution in [1.82, 2.24) is 15.0 Å². The Hall–Kier alpha value is -1.88. The van der Waals surface area contributed by atoms with E-state index in [4.69, 9.17) is 14.7 Å². The summed E-state index contributed by atoms with van der Waals surface area (Å²) in [6, 6.07) is 3.88.